The number of phenols is 2. The molecule has 0 heterocycles. The molecule has 0 aliphatic rings. The van der Waals surface area contributed by atoms with Crippen LogP contribution >= 0.6 is 0 Å². The number of phenolic OH excluding ortho intramolecular Hbond substituents is 2. The minimum absolute atomic E-state index is 0.249. The van der Waals surface area contributed by atoms with Gasteiger partial charge in [-0.2, -0.15) is 0 Å². The van der Waals surface area contributed by atoms with Gasteiger partial charge in [0.1, 0.15) is 11.5 Å². The Labute approximate surface area is 90.9 Å². The smallest absolute Gasteiger partial charge is 0.119 e. The van der Waals surface area contributed by atoms with Crippen molar-refractivity contribution in [2.45, 2.75) is 32.6 Å². The third-order valence-corrected chi connectivity index (χ3v) is 2.44. The van der Waals surface area contributed by atoms with Gasteiger partial charge >= 0.3 is 0 Å². The molecule has 2 heteroatoms. The van der Waals surface area contributed by atoms with Crippen LogP contribution in [-0.2, 0) is 12.8 Å². The molecule has 0 fully saturated rings. The summed E-state index contributed by atoms with van der Waals surface area (Å²) < 4.78 is 0. The van der Waals surface area contributed by atoms with Gasteiger partial charge in [0, 0.05) is 5.56 Å². The van der Waals surface area contributed by atoms with E-state index in [1.165, 1.54) is 0 Å². The number of rotatable bonds is 5. The van der Waals surface area contributed by atoms with Gasteiger partial charge < -0.3 is 10.2 Å². The van der Waals surface area contributed by atoms with Crippen molar-refractivity contribution in [3.63, 3.8) is 0 Å². The van der Waals surface area contributed by atoms with Gasteiger partial charge in [-0.05, 0) is 37.0 Å². The first kappa shape index (κ1) is 11.6. The van der Waals surface area contributed by atoms with E-state index in [1.807, 2.05) is 0 Å². The minimum Gasteiger partial charge on any atom is -0.508 e. The topological polar surface area (TPSA) is 40.5 Å². The van der Waals surface area contributed by atoms with Crippen LogP contribution in [0.2, 0.25) is 0 Å². The highest BCUT2D eigenvalue weighted by molar-refractivity contribution is 5.45. The molecule has 1 rings (SSSR count). The summed E-state index contributed by atoms with van der Waals surface area (Å²) in [6.07, 6.45) is 5.19. The molecule has 0 saturated heterocycles. The molecule has 2 nitrogen and oxygen atoms in total. The van der Waals surface area contributed by atoms with Crippen molar-refractivity contribution >= 4 is 0 Å². The molecule has 0 bridgehead atoms. The Morgan fingerprint density at radius 1 is 1.20 bits per heavy atom. The molecule has 0 aromatic heterocycles. The van der Waals surface area contributed by atoms with Crippen LogP contribution in [0.25, 0.3) is 0 Å². The zero-order valence-electron chi connectivity index (χ0n) is 9.16. The Morgan fingerprint density at radius 2 is 1.80 bits per heavy atom. The second-order valence-electron chi connectivity index (χ2n) is 3.71. The van der Waals surface area contributed by atoms with Gasteiger partial charge in [-0.3, -0.25) is 0 Å². The van der Waals surface area contributed by atoms with Crippen LogP contribution in [-0.4, -0.2) is 10.2 Å². The van der Waals surface area contributed by atoms with Gasteiger partial charge in [0.25, 0.3) is 0 Å². The fourth-order valence-electron chi connectivity index (χ4n) is 1.55. The maximum atomic E-state index is 9.72. The van der Waals surface area contributed by atoms with E-state index in [-0.39, 0.29) is 11.5 Å². The Balaban J connectivity index is 2.91. The Hall–Kier alpha value is -1.44. The average molecular weight is 206 g/mol. The monoisotopic (exact) mass is 206 g/mol. The minimum atomic E-state index is 0.249. The first-order chi connectivity index (χ1) is 7.19. The van der Waals surface area contributed by atoms with E-state index in [0.717, 1.165) is 30.4 Å². The standard InChI is InChI=1S/C13H18O2/c1-3-5-7-11-9-12(14)10(6-4-2)8-13(11)15/h4,8-9,14-15H,2-3,5-7H2,1H3. The maximum absolute atomic E-state index is 9.72. The Bertz CT molecular complexity index is 343. The number of allylic oxidation sites excluding steroid dienone is 1. The molecule has 0 aliphatic heterocycles. The Kier molecular flexibility index (Phi) is 4.22. The molecule has 15 heavy (non-hydrogen) atoms. The highest BCUT2D eigenvalue weighted by Gasteiger charge is 2.07. The largest absolute Gasteiger partial charge is 0.508 e. The van der Waals surface area contributed by atoms with Crippen molar-refractivity contribution in [3.8, 4) is 11.5 Å². The quantitative estimate of drug-likeness (QED) is 0.574. The molecule has 0 spiro atoms. The molecule has 0 unspecified atom stereocenters. The van der Waals surface area contributed by atoms with Crippen molar-refractivity contribution in [1.82, 2.24) is 0 Å². The summed E-state index contributed by atoms with van der Waals surface area (Å²) in [5.41, 5.74) is 1.55. The molecule has 2 N–H and O–H groups in total. The van der Waals surface area contributed by atoms with E-state index in [4.69, 9.17) is 0 Å². The molecule has 0 saturated carbocycles. The van der Waals surface area contributed by atoms with E-state index >= 15 is 0 Å². The fraction of sp³-hybridized carbons (Fsp3) is 0.385. The lowest BCUT2D eigenvalue weighted by molar-refractivity contribution is 0.449. The number of aromatic hydroxyl groups is 2. The highest BCUT2D eigenvalue weighted by atomic mass is 16.3. The summed E-state index contributed by atoms with van der Waals surface area (Å²) in [5, 5.41) is 19.4. The summed E-state index contributed by atoms with van der Waals surface area (Å²) in [4.78, 5) is 0. The van der Waals surface area contributed by atoms with Crippen LogP contribution in [0.3, 0.4) is 0 Å². The molecule has 0 radical (unpaired) electrons. The fourth-order valence-corrected chi connectivity index (χ4v) is 1.55. The lowest BCUT2D eigenvalue weighted by Crippen LogP contribution is -1.89. The molecule has 1 aromatic carbocycles. The number of benzene rings is 1. The molecule has 0 aliphatic carbocycles. The molecular weight excluding hydrogens is 188 g/mol. The summed E-state index contributed by atoms with van der Waals surface area (Å²) in [6, 6.07) is 3.28. The van der Waals surface area contributed by atoms with Crippen LogP contribution in [0.5, 0.6) is 11.5 Å². The highest BCUT2D eigenvalue weighted by Crippen LogP contribution is 2.28. The number of aryl methyl sites for hydroxylation is 1. The lowest BCUT2D eigenvalue weighted by atomic mass is 10.0. The van der Waals surface area contributed by atoms with Crippen molar-refractivity contribution in [1.29, 1.82) is 0 Å². The van der Waals surface area contributed by atoms with Gasteiger partial charge in [-0.1, -0.05) is 19.4 Å². The average Bonchev–Trinajstić information content (AvgIpc) is 2.21. The van der Waals surface area contributed by atoms with E-state index in [9.17, 15) is 10.2 Å². The zero-order valence-corrected chi connectivity index (χ0v) is 9.16. The lowest BCUT2D eigenvalue weighted by Gasteiger charge is -2.08. The van der Waals surface area contributed by atoms with E-state index < -0.39 is 0 Å². The third-order valence-electron chi connectivity index (χ3n) is 2.44. The molecule has 1 aromatic rings. The molecular formula is C13H18O2. The van der Waals surface area contributed by atoms with Gasteiger partial charge in [-0.15, -0.1) is 6.58 Å². The van der Waals surface area contributed by atoms with Crippen molar-refractivity contribution in [2.24, 2.45) is 0 Å². The van der Waals surface area contributed by atoms with Crippen LogP contribution in [0.1, 0.15) is 30.9 Å². The number of hydrogen-bond donors (Lipinski definition) is 2. The second kappa shape index (κ2) is 5.44. The van der Waals surface area contributed by atoms with Gasteiger partial charge in [-0.25, -0.2) is 0 Å². The van der Waals surface area contributed by atoms with Crippen molar-refractivity contribution in [2.75, 3.05) is 0 Å². The van der Waals surface area contributed by atoms with E-state index in [2.05, 4.69) is 13.5 Å². The van der Waals surface area contributed by atoms with Gasteiger partial charge in [0.2, 0.25) is 0 Å². The van der Waals surface area contributed by atoms with Crippen LogP contribution in [0, 0.1) is 0 Å². The van der Waals surface area contributed by atoms with Crippen molar-refractivity contribution < 1.29 is 10.2 Å². The van der Waals surface area contributed by atoms with Gasteiger partial charge in [0.05, 0.1) is 0 Å². The summed E-state index contributed by atoms with van der Waals surface area (Å²) >= 11 is 0. The maximum Gasteiger partial charge on any atom is 0.119 e. The van der Waals surface area contributed by atoms with Gasteiger partial charge in [0.15, 0.2) is 0 Å². The van der Waals surface area contributed by atoms with Crippen LogP contribution < -0.4 is 0 Å². The van der Waals surface area contributed by atoms with Crippen LogP contribution in [0.4, 0.5) is 0 Å². The van der Waals surface area contributed by atoms with Crippen LogP contribution in [0.15, 0.2) is 24.8 Å². The number of unbranched alkanes of at least 4 members (excludes halogenated alkanes) is 1. The first-order valence-corrected chi connectivity index (χ1v) is 5.33. The molecule has 0 atom stereocenters. The SMILES string of the molecule is C=CCc1cc(O)c(CCCC)cc1O. The zero-order chi connectivity index (χ0) is 11.3. The summed E-state index contributed by atoms with van der Waals surface area (Å²) in [7, 11) is 0. The second-order valence-corrected chi connectivity index (χ2v) is 3.71. The van der Waals surface area contributed by atoms with Crippen molar-refractivity contribution in [3.05, 3.63) is 35.9 Å². The summed E-state index contributed by atoms with van der Waals surface area (Å²) in [6.45, 7) is 5.71. The normalized spacial score (nSPS) is 10.2. The first-order valence-electron chi connectivity index (χ1n) is 5.33. The predicted molar refractivity (Wildman–Crippen MR) is 62.3 cm³/mol. The Morgan fingerprint density at radius 3 is 2.40 bits per heavy atom. The molecule has 0 amide bonds. The predicted octanol–water partition coefficient (Wildman–Crippen LogP) is 3.17. The third kappa shape index (κ3) is 3.01. The van der Waals surface area contributed by atoms with E-state index in [0.29, 0.717) is 6.42 Å². The number of hydrogen-bond acceptors (Lipinski definition) is 2. The van der Waals surface area contributed by atoms with E-state index in [1.54, 1.807) is 18.2 Å². The summed E-state index contributed by atoms with van der Waals surface area (Å²) in [5.74, 6) is 0.525. The molecule has 82 valence electrons.